The molecule has 0 aliphatic rings. The molecule has 0 atom stereocenters. The molecule has 1 amide bonds. The molecular formula is C24H21N5O2S2. The highest BCUT2D eigenvalue weighted by molar-refractivity contribution is 8.00. The van der Waals surface area contributed by atoms with Crippen LogP contribution in [-0.2, 0) is 12.2 Å². The maximum Gasteiger partial charge on any atom is 0.287 e. The zero-order valence-corrected chi connectivity index (χ0v) is 19.5. The van der Waals surface area contributed by atoms with Crippen molar-refractivity contribution in [1.82, 2.24) is 25.3 Å². The minimum Gasteiger partial charge on any atom is -0.451 e. The van der Waals surface area contributed by atoms with Gasteiger partial charge in [0.1, 0.15) is 10.6 Å². The second-order valence-electron chi connectivity index (χ2n) is 7.40. The van der Waals surface area contributed by atoms with Crippen molar-refractivity contribution in [3.63, 3.8) is 0 Å². The predicted octanol–water partition coefficient (Wildman–Crippen LogP) is 5.04. The molecule has 5 rings (SSSR count). The number of thioether (sulfide) groups is 1. The molecule has 0 saturated heterocycles. The number of carbonyl (C=O) groups excluding carboxylic acids is 1. The molecule has 9 heteroatoms. The zero-order valence-electron chi connectivity index (χ0n) is 17.9. The summed E-state index contributed by atoms with van der Waals surface area (Å²) in [4.78, 5) is 13.0. The first-order chi connectivity index (χ1) is 16.2. The van der Waals surface area contributed by atoms with E-state index in [2.05, 4.69) is 32.7 Å². The number of nitrogens with zero attached hydrogens (tertiary/aromatic N) is 4. The standard InChI is InChI=1S/C24H21N5O2S2/c1-16-27-28-24(33-16)32-15-20-19-5-2-3-6-21(19)31-22(20)23(30)25-13-11-17-7-9-18(10-8-17)29-14-4-12-26-29/h2-10,12,14H,11,13,15H2,1H3,(H,25,30). The highest BCUT2D eigenvalue weighted by atomic mass is 32.2. The minimum absolute atomic E-state index is 0.205. The summed E-state index contributed by atoms with van der Waals surface area (Å²) < 4.78 is 8.64. The third-order valence-corrected chi connectivity index (χ3v) is 7.16. The van der Waals surface area contributed by atoms with E-state index < -0.39 is 0 Å². The fourth-order valence-corrected chi connectivity index (χ4v) is 5.38. The van der Waals surface area contributed by atoms with Crippen LogP contribution in [0.15, 0.2) is 75.7 Å². The first-order valence-corrected chi connectivity index (χ1v) is 12.3. The monoisotopic (exact) mass is 475 g/mol. The molecule has 0 saturated carbocycles. The van der Waals surface area contributed by atoms with Gasteiger partial charge in [0.2, 0.25) is 0 Å². The summed E-state index contributed by atoms with van der Waals surface area (Å²) in [5.74, 6) is 0.742. The Morgan fingerprint density at radius 1 is 1.12 bits per heavy atom. The van der Waals surface area contributed by atoms with E-state index in [1.807, 2.05) is 60.3 Å². The van der Waals surface area contributed by atoms with Crippen LogP contribution in [0.4, 0.5) is 0 Å². The van der Waals surface area contributed by atoms with E-state index in [0.29, 0.717) is 23.6 Å². The van der Waals surface area contributed by atoms with Crippen molar-refractivity contribution in [2.75, 3.05) is 6.54 Å². The van der Waals surface area contributed by atoms with E-state index in [9.17, 15) is 4.79 Å². The average Bonchev–Trinajstić information content (AvgIpc) is 3.58. The van der Waals surface area contributed by atoms with Gasteiger partial charge in [0, 0.05) is 35.6 Å². The van der Waals surface area contributed by atoms with E-state index in [-0.39, 0.29) is 5.91 Å². The highest BCUT2D eigenvalue weighted by Crippen LogP contribution is 2.33. The predicted molar refractivity (Wildman–Crippen MR) is 130 cm³/mol. The van der Waals surface area contributed by atoms with E-state index in [0.717, 1.165) is 38.0 Å². The van der Waals surface area contributed by atoms with Gasteiger partial charge in [-0.2, -0.15) is 5.10 Å². The third kappa shape index (κ3) is 4.84. The van der Waals surface area contributed by atoms with Crippen molar-refractivity contribution in [3.8, 4) is 5.69 Å². The average molecular weight is 476 g/mol. The Bertz CT molecular complexity index is 1370. The lowest BCUT2D eigenvalue weighted by atomic mass is 10.1. The van der Waals surface area contributed by atoms with E-state index in [1.54, 1.807) is 29.3 Å². The molecule has 1 N–H and O–H groups in total. The normalized spacial score (nSPS) is 11.2. The maximum atomic E-state index is 13.0. The number of carbonyl (C=O) groups is 1. The quantitative estimate of drug-likeness (QED) is 0.316. The number of para-hydroxylation sites is 1. The lowest BCUT2D eigenvalue weighted by Gasteiger charge is -2.07. The van der Waals surface area contributed by atoms with E-state index in [1.165, 1.54) is 0 Å². The Hall–Kier alpha value is -3.43. The van der Waals surface area contributed by atoms with Crippen LogP contribution in [0.1, 0.15) is 26.7 Å². The van der Waals surface area contributed by atoms with Gasteiger partial charge in [-0.25, -0.2) is 4.68 Å². The van der Waals surface area contributed by atoms with Crippen LogP contribution in [0.25, 0.3) is 16.7 Å². The number of hydrogen-bond donors (Lipinski definition) is 1. The lowest BCUT2D eigenvalue weighted by molar-refractivity contribution is 0.0927. The van der Waals surface area contributed by atoms with Gasteiger partial charge in [-0.3, -0.25) is 4.79 Å². The van der Waals surface area contributed by atoms with Gasteiger partial charge in [-0.15, -0.1) is 10.2 Å². The number of hydrogen-bond acceptors (Lipinski definition) is 7. The van der Waals surface area contributed by atoms with Crippen molar-refractivity contribution in [1.29, 1.82) is 0 Å². The maximum absolute atomic E-state index is 13.0. The van der Waals surface area contributed by atoms with Gasteiger partial charge in [-0.05, 0) is 43.2 Å². The summed E-state index contributed by atoms with van der Waals surface area (Å²) >= 11 is 3.11. The molecule has 166 valence electrons. The molecule has 33 heavy (non-hydrogen) atoms. The molecule has 7 nitrogen and oxygen atoms in total. The van der Waals surface area contributed by atoms with Crippen molar-refractivity contribution in [3.05, 3.63) is 88.9 Å². The molecule has 0 unspecified atom stereocenters. The summed E-state index contributed by atoms with van der Waals surface area (Å²) in [6.45, 7) is 2.44. The van der Waals surface area contributed by atoms with Crippen molar-refractivity contribution < 1.29 is 9.21 Å². The van der Waals surface area contributed by atoms with E-state index >= 15 is 0 Å². The third-order valence-electron chi connectivity index (χ3n) is 5.16. The zero-order chi connectivity index (χ0) is 22.6. The Morgan fingerprint density at radius 2 is 1.97 bits per heavy atom. The summed E-state index contributed by atoms with van der Waals surface area (Å²) in [6, 6.07) is 17.8. The Balaban J connectivity index is 1.26. The number of fused-ring (bicyclic) bond motifs is 1. The lowest BCUT2D eigenvalue weighted by Crippen LogP contribution is -2.26. The molecule has 3 aromatic heterocycles. The molecular weight excluding hydrogens is 454 g/mol. The number of furan rings is 1. The van der Waals surface area contributed by atoms with Crippen LogP contribution >= 0.6 is 23.1 Å². The Labute approximate surface area is 198 Å². The number of aryl methyl sites for hydroxylation is 1. The van der Waals surface area contributed by atoms with E-state index in [4.69, 9.17) is 4.42 Å². The van der Waals surface area contributed by atoms with Crippen LogP contribution in [0.2, 0.25) is 0 Å². The first kappa shape index (κ1) is 21.4. The van der Waals surface area contributed by atoms with Crippen molar-refractivity contribution >= 4 is 40.0 Å². The summed E-state index contributed by atoms with van der Waals surface area (Å²) in [5, 5.41) is 17.4. The van der Waals surface area contributed by atoms with Gasteiger partial charge >= 0.3 is 0 Å². The van der Waals surface area contributed by atoms with Gasteiger partial charge < -0.3 is 9.73 Å². The summed E-state index contributed by atoms with van der Waals surface area (Å²) in [6.07, 6.45) is 4.38. The molecule has 0 radical (unpaired) electrons. The van der Waals surface area contributed by atoms with Crippen LogP contribution in [0.5, 0.6) is 0 Å². The Kier molecular flexibility index (Phi) is 6.23. The van der Waals surface area contributed by atoms with Crippen LogP contribution in [-0.4, -0.2) is 32.4 Å². The smallest absolute Gasteiger partial charge is 0.287 e. The number of amides is 1. The number of benzene rings is 2. The van der Waals surface area contributed by atoms with Gasteiger partial charge in [0.05, 0.1) is 5.69 Å². The second-order valence-corrected chi connectivity index (χ2v) is 9.81. The van der Waals surface area contributed by atoms with Crippen molar-refractivity contribution in [2.24, 2.45) is 0 Å². The van der Waals surface area contributed by atoms with Gasteiger partial charge in [0.25, 0.3) is 5.91 Å². The molecule has 3 heterocycles. The minimum atomic E-state index is -0.205. The van der Waals surface area contributed by atoms with Crippen LogP contribution in [0.3, 0.4) is 0 Å². The second kappa shape index (κ2) is 9.60. The van der Waals surface area contributed by atoms with Crippen LogP contribution < -0.4 is 5.32 Å². The topological polar surface area (TPSA) is 85.8 Å². The summed E-state index contributed by atoms with van der Waals surface area (Å²) in [7, 11) is 0. The Morgan fingerprint density at radius 3 is 2.73 bits per heavy atom. The molecule has 0 bridgehead atoms. The highest BCUT2D eigenvalue weighted by Gasteiger charge is 2.21. The number of rotatable bonds is 8. The number of aromatic nitrogens is 4. The SMILES string of the molecule is Cc1nnc(SCc2c(C(=O)NCCc3ccc(-n4cccn4)cc3)oc3ccccc23)s1. The van der Waals surface area contributed by atoms with Gasteiger partial charge in [0.15, 0.2) is 10.1 Å². The molecule has 0 aliphatic heterocycles. The largest absolute Gasteiger partial charge is 0.451 e. The van der Waals surface area contributed by atoms with Crippen molar-refractivity contribution in [2.45, 2.75) is 23.4 Å². The molecule has 0 fully saturated rings. The van der Waals surface area contributed by atoms with Crippen LogP contribution in [0, 0.1) is 6.92 Å². The fraction of sp³-hybridized carbons (Fsp3) is 0.167. The summed E-state index contributed by atoms with van der Waals surface area (Å²) in [5.41, 5.74) is 3.73. The fourth-order valence-electron chi connectivity index (χ4n) is 3.53. The van der Waals surface area contributed by atoms with Gasteiger partial charge in [-0.1, -0.05) is 53.4 Å². The molecule has 5 aromatic rings. The molecule has 0 aliphatic carbocycles. The molecule has 0 spiro atoms. The molecule has 2 aromatic carbocycles. The number of nitrogens with one attached hydrogen (secondary N) is 1. The first-order valence-electron chi connectivity index (χ1n) is 10.5.